The molecule has 0 amide bonds. The number of esters is 1. The molecule has 6 unspecified atom stereocenters. The number of hydrogen-bond donors (Lipinski definition) is 1. The minimum Gasteiger partial charge on any atom is -0.469 e. The van der Waals surface area contributed by atoms with Crippen molar-refractivity contribution >= 4 is 5.97 Å². The number of hydrogen-bond acceptors (Lipinski definition) is 3. The van der Waals surface area contributed by atoms with E-state index in [0.717, 1.165) is 5.92 Å². The quantitative estimate of drug-likeness (QED) is 0.559. The van der Waals surface area contributed by atoms with Crippen LogP contribution in [0.3, 0.4) is 0 Å². The molecule has 4 aliphatic rings. The summed E-state index contributed by atoms with van der Waals surface area (Å²) in [6.45, 7) is 0. The lowest BCUT2D eigenvalue weighted by molar-refractivity contribution is -0.146. The van der Waals surface area contributed by atoms with Gasteiger partial charge >= 0.3 is 5.97 Å². The monoisotopic (exact) mass is 167 g/mol. The normalized spacial score (nSPS) is 58.8. The van der Waals surface area contributed by atoms with E-state index in [4.69, 9.17) is 10.5 Å². The molecule has 2 N–H and O–H groups in total. The zero-order valence-corrected chi connectivity index (χ0v) is 7.07. The Bertz CT molecular complexity index is 253. The zero-order chi connectivity index (χ0) is 8.46. The first-order valence-electron chi connectivity index (χ1n) is 4.59. The molecule has 0 aromatic heterocycles. The molecule has 66 valence electrons. The molecule has 0 aromatic carbocycles. The molecule has 6 atom stereocenters. The van der Waals surface area contributed by atoms with Gasteiger partial charge in [-0.15, -0.1) is 0 Å². The smallest absolute Gasteiger partial charge is 0.309 e. The largest absolute Gasteiger partial charge is 0.469 e. The summed E-state index contributed by atoms with van der Waals surface area (Å²) < 4.78 is 4.78. The fourth-order valence-electron chi connectivity index (χ4n) is 3.69. The molecular formula is C9H13NO2. The number of ether oxygens (including phenoxy) is 1. The van der Waals surface area contributed by atoms with Crippen LogP contribution in [-0.4, -0.2) is 19.1 Å². The Morgan fingerprint density at radius 2 is 2.17 bits per heavy atom. The van der Waals surface area contributed by atoms with Crippen LogP contribution >= 0.6 is 0 Å². The van der Waals surface area contributed by atoms with Gasteiger partial charge in [0.2, 0.25) is 0 Å². The Labute approximate surface area is 71.3 Å². The summed E-state index contributed by atoms with van der Waals surface area (Å²) in [5.74, 6) is 2.60. The Balaban J connectivity index is 1.89. The summed E-state index contributed by atoms with van der Waals surface area (Å²) in [7, 11) is 1.47. The lowest BCUT2D eigenvalue weighted by atomic mass is 9.96. The molecule has 12 heavy (non-hydrogen) atoms. The summed E-state index contributed by atoms with van der Waals surface area (Å²) >= 11 is 0. The fourth-order valence-corrected chi connectivity index (χ4v) is 3.69. The maximum atomic E-state index is 11.4. The average Bonchev–Trinajstić information content (AvgIpc) is 2.42. The summed E-state index contributed by atoms with van der Waals surface area (Å²) in [6, 6.07) is 0.295. The molecule has 4 rings (SSSR count). The van der Waals surface area contributed by atoms with Crippen molar-refractivity contribution < 1.29 is 9.53 Å². The maximum absolute atomic E-state index is 11.4. The number of nitrogens with two attached hydrogens (primary N) is 1. The van der Waals surface area contributed by atoms with Crippen LogP contribution in [0.15, 0.2) is 0 Å². The van der Waals surface area contributed by atoms with Gasteiger partial charge in [0.05, 0.1) is 13.0 Å². The van der Waals surface area contributed by atoms with Crippen LogP contribution in [0.2, 0.25) is 0 Å². The SMILES string of the molecule is COC(=O)C1C2CC3C(C2N)C31. The first-order chi connectivity index (χ1) is 5.75. The summed E-state index contributed by atoms with van der Waals surface area (Å²) in [4.78, 5) is 11.4. The minimum atomic E-state index is -0.0250. The Kier molecular flexibility index (Phi) is 1.06. The van der Waals surface area contributed by atoms with Crippen LogP contribution < -0.4 is 5.73 Å². The van der Waals surface area contributed by atoms with Gasteiger partial charge in [0.25, 0.3) is 0 Å². The van der Waals surface area contributed by atoms with Gasteiger partial charge in [-0.1, -0.05) is 0 Å². The van der Waals surface area contributed by atoms with E-state index < -0.39 is 0 Å². The third kappa shape index (κ3) is 0.534. The second-order valence-electron chi connectivity index (χ2n) is 4.34. The second kappa shape index (κ2) is 1.84. The van der Waals surface area contributed by atoms with E-state index in [2.05, 4.69) is 0 Å². The molecule has 0 aromatic rings. The Morgan fingerprint density at radius 3 is 2.50 bits per heavy atom. The predicted octanol–water partition coefficient (Wildman–Crippen LogP) is -0.00140. The van der Waals surface area contributed by atoms with Gasteiger partial charge in [0.15, 0.2) is 0 Å². The van der Waals surface area contributed by atoms with Gasteiger partial charge < -0.3 is 10.5 Å². The van der Waals surface area contributed by atoms with Crippen molar-refractivity contribution in [2.24, 2.45) is 35.3 Å². The molecule has 0 saturated heterocycles. The van der Waals surface area contributed by atoms with Crippen LogP contribution in [0, 0.1) is 29.6 Å². The molecule has 4 fully saturated rings. The second-order valence-corrected chi connectivity index (χ2v) is 4.34. The maximum Gasteiger partial charge on any atom is 0.309 e. The predicted molar refractivity (Wildman–Crippen MR) is 42.1 cm³/mol. The van der Waals surface area contributed by atoms with E-state index in [-0.39, 0.29) is 11.9 Å². The van der Waals surface area contributed by atoms with Gasteiger partial charge in [0.1, 0.15) is 0 Å². The minimum absolute atomic E-state index is 0.0250. The molecule has 0 radical (unpaired) electrons. The first kappa shape index (κ1) is 6.89. The zero-order valence-electron chi connectivity index (χ0n) is 7.07. The summed E-state index contributed by atoms with van der Waals surface area (Å²) in [5, 5.41) is 0. The van der Waals surface area contributed by atoms with E-state index in [1.807, 2.05) is 0 Å². The standard InChI is InChI=1S/C9H13NO2/c1-12-9(11)7-4-2-3-5(7)6(3)8(4)10/h3-8H,2,10H2,1H3. The van der Waals surface area contributed by atoms with Gasteiger partial charge in [-0.2, -0.15) is 0 Å². The molecule has 3 heteroatoms. The molecule has 4 saturated carbocycles. The lowest BCUT2D eigenvalue weighted by Crippen LogP contribution is -2.29. The van der Waals surface area contributed by atoms with Crippen molar-refractivity contribution in [3.05, 3.63) is 0 Å². The average molecular weight is 167 g/mol. The molecule has 4 aliphatic carbocycles. The Morgan fingerprint density at radius 1 is 1.42 bits per heavy atom. The first-order valence-corrected chi connectivity index (χ1v) is 4.59. The van der Waals surface area contributed by atoms with Crippen molar-refractivity contribution in [2.45, 2.75) is 12.5 Å². The van der Waals surface area contributed by atoms with Gasteiger partial charge in [-0.3, -0.25) is 4.79 Å². The van der Waals surface area contributed by atoms with Crippen molar-refractivity contribution in [3.63, 3.8) is 0 Å². The topological polar surface area (TPSA) is 52.3 Å². The van der Waals surface area contributed by atoms with Crippen LogP contribution in [0.5, 0.6) is 0 Å². The van der Waals surface area contributed by atoms with Crippen LogP contribution in [-0.2, 0) is 9.53 Å². The van der Waals surface area contributed by atoms with E-state index in [1.54, 1.807) is 0 Å². The van der Waals surface area contributed by atoms with Crippen molar-refractivity contribution in [1.29, 1.82) is 0 Å². The van der Waals surface area contributed by atoms with E-state index in [0.29, 0.717) is 23.8 Å². The summed E-state index contributed by atoms with van der Waals surface area (Å²) in [6.07, 6.45) is 1.18. The van der Waals surface area contributed by atoms with Crippen molar-refractivity contribution in [3.8, 4) is 0 Å². The van der Waals surface area contributed by atoms with Gasteiger partial charge in [-0.25, -0.2) is 0 Å². The molecule has 0 aliphatic heterocycles. The molecular weight excluding hydrogens is 154 g/mol. The highest BCUT2D eigenvalue weighted by Gasteiger charge is 2.74. The van der Waals surface area contributed by atoms with E-state index in [9.17, 15) is 4.79 Å². The van der Waals surface area contributed by atoms with Crippen LogP contribution in [0.1, 0.15) is 6.42 Å². The number of carbonyl (C=O) groups excluding carboxylic acids is 1. The van der Waals surface area contributed by atoms with Gasteiger partial charge in [0, 0.05) is 6.04 Å². The lowest BCUT2D eigenvalue weighted by Gasteiger charge is -2.14. The van der Waals surface area contributed by atoms with E-state index in [1.165, 1.54) is 13.5 Å². The van der Waals surface area contributed by atoms with Crippen LogP contribution in [0.25, 0.3) is 0 Å². The Hall–Kier alpha value is -0.570. The number of methoxy groups -OCH3 is 1. The molecule has 0 spiro atoms. The van der Waals surface area contributed by atoms with Crippen molar-refractivity contribution in [2.75, 3.05) is 7.11 Å². The van der Waals surface area contributed by atoms with Crippen molar-refractivity contribution in [1.82, 2.24) is 0 Å². The molecule has 3 nitrogen and oxygen atoms in total. The highest BCUT2D eigenvalue weighted by atomic mass is 16.5. The number of rotatable bonds is 1. The fraction of sp³-hybridized carbons (Fsp3) is 0.889. The third-order valence-corrected chi connectivity index (χ3v) is 4.12. The molecule has 0 heterocycles. The molecule has 4 bridgehead atoms. The van der Waals surface area contributed by atoms with Crippen LogP contribution in [0.4, 0.5) is 0 Å². The highest BCUT2D eigenvalue weighted by Crippen LogP contribution is 2.72. The van der Waals surface area contributed by atoms with Gasteiger partial charge in [-0.05, 0) is 30.1 Å². The summed E-state index contributed by atoms with van der Waals surface area (Å²) in [5.41, 5.74) is 5.98. The highest BCUT2D eigenvalue weighted by molar-refractivity contribution is 5.75. The van der Waals surface area contributed by atoms with E-state index >= 15 is 0 Å². The third-order valence-electron chi connectivity index (χ3n) is 4.12. The number of carbonyl (C=O) groups is 1.